The highest BCUT2D eigenvalue weighted by atomic mass is 16.6. The van der Waals surface area contributed by atoms with Gasteiger partial charge in [-0.05, 0) is 75.3 Å². The third kappa shape index (κ3) is 8.14. The van der Waals surface area contributed by atoms with E-state index in [4.69, 9.17) is 4.74 Å². The molecule has 1 fully saturated rings. The lowest BCUT2D eigenvalue weighted by Gasteiger charge is -2.35. The Morgan fingerprint density at radius 2 is 1.78 bits per heavy atom. The highest BCUT2D eigenvalue weighted by Crippen LogP contribution is 2.30. The number of nitro benzene ring substituents is 1. The molecular weight excluding hydrogens is 520 g/mol. The second-order valence-corrected chi connectivity index (χ2v) is 10.4. The number of carbonyl (C=O) groups is 2. The van der Waals surface area contributed by atoms with Crippen LogP contribution in [0.15, 0.2) is 66.7 Å². The van der Waals surface area contributed by atoms with Gasteiger partial charge in [-0.25, -0.2) is 0 Å². The van der Waals surface area contributed by atoms with E-state index in [1.165, 1.54) is 11.6 Å². The van der Waals surface area contributed by atoms with Gasteiger partial charge in [-0.3, -0.25) is 19.7 Å². The molecule has 0 atom stereocenters. The van der Waals surface area contributed by atoms with Crippen molar-refractivity contribution in [1.29, 1.82) is 0 Å². The molecule has 1 saturated heterocycles. The number of ether oxygens (including phenoxy) is 1. The fourth-order valence-electron chi connectivity index (χ4n) is 5.16. The van der Waals surface area contributed by atoms with Crippen molar-refractivity contribution in [3.63, 3.8) is 0 Å². The third-order valence-corrected chi connectivity index (χ3v) is 7.44. The molecule has 41 heavy (non-hydrogen) atoms. The lowest BCUT2D eigenvalue weighted by molar-refractivity contribution is -0.385. The topological polar surface area (TPSA) is 114 Å². The first kappa shape index (κ1) is 29.7. The van der Waals surface area contributed by atoms with Crippen molar-refractivity contribution in [2.75, 3.05) is 43.1 Å². The largest absolute Gasteiger partial charge is 0.382 e. The van der Waals surface area contributed by atoms with Crippen molar-refractivity contribution in [2.45, 2.75) is 39.5 Å². The molecule has 0 radical (unpaired) electrons. The van der Waals surface area contributed by atoms with Crippen LogP contribution in [0.5, 0.6) is 0 Å². The molecule has 2 N–H and O–H groups in total. The number of hydrogen-bond donors (Lipinski definition) is 2. The molecule has 1 heterocycles. The number of anilines is 2. The first-order valence-corrected chi connectivity index (χ1v) is 14.2. The predicted molar refractivity (Wildman–Crippen MR) is 161 cm³/mol. The van der Waals surface area contributed by atoms with E-state index in [2.05, 4.69) is 39.8 Å². The van der Waals surface area contributed by atoms with E-state index >= 15 is 0 Å². The number of nitrogens with zero attached hydrogens (tertiary/aromatic N) is 2. The van der Waals surface area contributed by atoms with E-state index in [-0.39, 0.29) is 17.2 Å². The molecule has 9 heteroatoms. The second-order valence-electron chi connectivity index (χ2n) is 10.4. The standard InChI is InChI=1S/C32H38N4O5/c1-3-41-19-7-16-33-32(38)28-22-27(34-31(37)26-11-10-23(2)30(21-26)36(39)40)12-13-29(28)35-17-14-25(15-18-35)20-24-8-5-4-6-9-24/h4-6,8-13,21-22,25H,3,7,14-20H2,1-2H3,(H,33,38)(H,34,37). The number of carbonyl (C=O) groups excluding carboxylic acids is 2. The highest BCUT2D eigenvalue weighted by Gasteiger charge is 2.24. The lowest BCUT2D eigenvalue weighted by Crippen LogP contribution is -2.36. The van der Waals surface area contributed by atoms with E-state index in [1.807, 2.05) is 19.1 Å². The smallest absolute Gasteiger partial charge is 0.273 e. The molecule has 216 valence electrons. The van der Waals surface area contributed by atoms with Gasteiger partial charge in [0.25, 0.3) is 17.5 Å². The first-order chi connectivity index (χ1) is 19.9. The van der Waals surface area contributed by atoms with Crippen LogP contribution in [-0.4, -0.2) is 49.6 Å². The molecule has 3 aromatic rings. The maximum absolute atomic E-state index is 13.3. The lowest BCUT2D eigenvalue weighted by atomic mass is 9.89. The Morgan fingerprint density at radius 3 is 2.49 bits per heavy atom. The fourth-order valence-corrected chi connectivity index (χ4v) is 5.16. The van der Waals surface area contributed by atoms with Crippen LogP contribution >= 0.6 is 0 Å². The Bertz CT molecular complexity index is 1350. The summed E-state index contributed by atoms with van der Waals surface area (Å²) < 4.78 is 5.38. The number of rotatable bonds is 12. The Morgan fingerprint density at radius 1 is 1.02 bits per heavy atom. The number of nitrogens with one attached hydrogen (secondary N) is 2. The van der Waals surface area contributed by atoms with Crippen LogP contribution in [0.2, 0.25) is 0 Å². The summed E-state index contributed by atoms with van der Waals surface area (Å²) in [6, 6.07) is 20.2. The zero-order chi connectivity index (χ0) is 29.2. The van der Waals surface area contributed by atoms with Crippen LogP contribution in [0, 0.1) is 23.0 Å². The van der Waals surface area contributed by atoms with E-state index in [0.29, 0.717) is 48.9 Å². The van der Waals surface area contributed by atoms with Gasteiger partial charge < -0.3 is 20.3 Å². The number of hydrogen-bond acceptors (Lipinski definition) is 6. The summed E-state index contributed by atoms with van der Waals surface area (Å²) in [7, 11) is 0. The van der Waals surface area contributed by atoms with Gasteiger partial charge in [0.05, 0.1) is 10.5 Å². The monoisotopic (exact) mass is 558 g/mol. The van der Waals surface area contributed by atoms with Crippen molar-refractivity contribution in [2.24, 2.45) is 5.92 Å². The minimum atomic E-state index is -0.502. The van der Waals surface area contributed by atoms with Gasteiger partial charge in [-0.2, -0.15) is 0 Å². The summed E-state index contributed by atoms with van der Waals surface area (Å²) in [5.74, 6) is -0.114. The predicted octanol–water partition coefficient (Wildman–Crippen LogP) is 5.77. The fraction of sp³-hybridized carbons (Fsp3) is 0.375. The molecule has 0 aromatic heterocycles. The summed E-state index contributed by atoms with van der Waals surface area (Å²) in [4.78, 5) is 39.4. The van der Waals surface area contributed by atoms with Crippen molar-refractivity contribution in [3.05, 3.63) is 99.1 Å². The minimum absolute atomic E-state index is 0.115. The molecule has 0 bridgehead atoms. The molecule has 3 aromatic carbocycles. The minimum Gasteiger partial charge on any atom is -0.382 e. The van der Waals surface area contributed by atoms with Gasteiger partial charge in [0.2, 0.25) is 0 Å². The summed E-state index contributed by atoms with van der Waals surface area (Å²) in [6.07, 6.45) is 3.79. The molecule has 4 rings (SSSR count). The molecular formula is C32H38N4O5. The van der Waals surface area contributed by atoms with E-state index < -0.39 is 10.8 Å². The molecule has 0 spiro atoms. The van der Waals surface area contributed by atoms with Gasteiger partial charge in [0, 0.05) is 61.4 Å². The number of benzene rings is 3. The summed E-state index contributed by atoms with van der Waals surface area (Å²) in [5, 5.41) is 17.1. The van der Waals surface area contributed by atoms with Crippen molar-refractivity contribution >= 4 is 28.9 Å². The van der Waals surface area contributed by atoms with E-state index in [1.54, 1.807) is 31.2 Å². The average molecular weight is 559 g/mol. The summed E-state index contributed by atoms with van der Waals surface area (Å²) in [5.41, 5.74) is 3.64. The van der Waals surface area contributed by atoms with Crippen molar-refractivity contribution < 1.29 is 19.2 Å². The van der Waals surface area contributed by atoms with Crippen LogP contribution in [0.1, 0.15) is 58.0 Å². The number of nitro groups is 1. The molecule has 0 saturated carbocycles. The molecule has 2 amide bonds. The molecule has 9 nitrogen and oxygen atoms in total. The molecule has 1 aliphatic heterocycles. The SMILES string of the molecule is CCOCCCNC(=O)c1cc(NC(=O)c2ccc(C)c([N+](=O)[O-])c2)ccc1N1CCC(Cc2ccccc2)CC1. The molecule has 1 aliphatic rings. The Labute approximate surface area is 241 Å². The van der Waals surface area contributed by atoms with Gasteiger partial charge in [0.1, 0.15) is 0 Å². The zero-order valence-corrected chi connectivity index (χ0v) is 23.7. The first-order valence-electron chi connectivity index (χ1n) is 14.2. The number of piperidine rings is 1. The maximum Gasteiger partial charge on any atom is 0.273 e. The highest BCUT2D eigenvalue weighted by molar-refractivity contribution is 6.06. The number of aryl methyl sites for hydroxylation is 1. The van der Waals surface area contributed by atoms with Gasteiger partial charge in [-0.1, -0.05) is 36.4 Å². The van der Waals surface area contributed by atoms with Crippen LogP contribution in [0.4, 0.5) is 17.1 Å². The van der Waals surface area contributed by atoms with Crippen molar-refractivity contribution in [3.8, 4) is 0 Å². The summed E-state index contributed by atoms with van der Waals surface area (Å²) >= 11 is 0. The molecule has 0 unspecified atom stereocenters. The normalized spacial score (nSPS) is 13.6. The van der Waals surface area contributed by atoms with E-state index in [0.717, 1.165) is 38.0 Å². The van der Waals surface area contributed by atoms with Crippen LogP contribution in [-0.2, 0) is 11.2 Å². The maximum atomic E-state index is 13.3. The van der Waals surface area contributed by atoms with Crippen LogP contribution in [0.3, 0.4) is 0 Å². The van der Waals surface area contributed by atoms with Gasteiger partial charge in [0.15, 0.2) is 0 Å². The Kier molecular flexibility index (Phi) is 10.5. The third-order valence-electron chi connectivity index (χ3n) is 7.44. The zero-order valence-electron chi connectivity index (χ0n) is 23.7. The number of amides is 2. The van der Waals surface area contributed by atoms with E-state index in [9.17, 15) is 19.7 Å². The molecule has 0 aliphatic carbocycles. The van der Waals surface area contributed by atoms with Crippen LogP contribution in [0.25, 0.3) is 0 Å². The quantitative estimate of drug-likeness (QED) is 0.166. The average Bonchev–Trinajstić information content (AvgIpc) is 2.98. The Hall–Kier alpha value is -4.24. The van der Waals surface area contributed by atoms with Crippen LogP contribution < -0.4 is 15.5 Å². The second kappa shape index (κ2) is 14.4. The summed E-state index contributed by atoms with van der Waals surface area (Å²) in [6.45, 7) is 6.90. The van der Waals surface area contributed by atoms with Gasteiger partial charge >= 0.3 is 0 Å². The Balaban J connectivity index is 1.50. The van der Waals surface area contributed by atoms with Gasteiger partial charge in [-0.15, -0.1) is 0 Å². The van der Waals surface area contributed by atoms with Crippen molar-refractivity contribution in [1.82, 2.24) is 5.32 Å².